The molecule has 1 unspecified atom stereocenters. The topological polar surface area (TPSA) is 35.8 Å². The Balaban J connectivity index is 2.05. The SMILES string of the molecule is N#CC(NCc1cccs1)c1cccc(Br)c1. The fourth-order valence-corrected chi connectivity index (χ4v) is 2.61. The first-order chi connectivity index (χ1) is 8.29. The van der Waals surface area contributed by atoms with Crippen molar-refractivity contribution in [3.05, 3.63) is 56.7 Å². The van der Waals surface area contributed by atoms with E-state index in [1.807, 2.05) is 35.7 Å². The third-order valence-corrected chi connectivity index (χ3v) is 3.74. The summed E-state index contributed by atoms with van der Waals surface area (Å²) < 4.78 is 0.994. The average Bonchev–Trinajstić information content (AvgIpc) is 2.83. The van der Waals surface area contributed by atoms with E-state index in [-0.39, 0.29) is 6.04 Å². The molecule has 0 aliphatic rings. The molecule has 0 amide bonds. The molecule has 1 aromatic carbocycles. The summed E-state index contributed by atoms with van der Waals surface area (Å²) in [6.45, 7) is 0.725. The van der Waals surface area contributed by atoms with Gasteiger partial charge >= 0.3 is 0 Å². The molecular weight excluding hydrogens is 296 g/mol. The first-order valence-electron chi connectivity index (χ1n) is 5.20. The van der Waals surface area contributed by atoms with E-state index >= 15 is 0 Å². The minimum atomic E-state index is -0.269. The lowest BCUT2D eigenvalue weighted by Gasteiger charge is -2.11. The molecule has 86 valence electrons. The van der Waals surface area contributed by atoms with Crippen LogP contribution in [-0.2, 0) is 6.54 Å². The zero-order valence-electron chi connectivity index (χ0n) is 9.06. The molecular formula is C13H11BrN2S. The number of halogens is 1. The van der Waals surface area contributed by atoms with Crippen LogP contribution in [0.5, 0.6) is 0 Å². The predicted molar refractivity (Wildman–Crippen MR) is 73.7 cm³/mol. The second-order valence-electron chi connectivity index (χ2n) is 3.58. The van der Waals surface area contributed by atoms with E-state index < -0.39 is 0 Å². The molecule has 1 N–H and O–H groups in total. The van der Waals surface area contributed by atoms with Gasteiger partial charge in [-0.25, -0.2) is 0 Å². The standard InChI is InChI=1S/C13H11BrN2S/c14-11-4-1-3-10(7-11)13(8-15)16-9-12-5-2-6-17-12/h1-7,13,16H,9H2. The fraction of sp³-hybridized carbons (Fsp3) is 0.154. The van der Waals surface area contributed by atoms with Crippen molar-refractivity contribution in [3.8, 4) is 6.07 Å². The number of hydrogen-bond acceptors (Lipinski definition) is 3. The van der Waals surface area contributed by atoms with Crippen LogP contribution >= 0.6 is 27.3 Å². The number of nitrogens with zero attached hydrogens (tertiary/aromatic N) is 1. The molecule has 4 heteroatoms. The summed E-state index contributed by atoms with van der Waals surface area (Å²) in [5.74, 6) is 0. The van der Waals surface area contributed by atoms with Gasteiger partial charge in [-0.1, -0.05) is 34.1 Å². The van der Waals surface area contributed by atoms with E-state index in [1.54, 1.807) is 11.3 Å². The summed E-state index contributed by atoms with van der Waals surface area (Å²) in [6, 6.07) is 13.9. The number of benzene rings is 1. The molecule has 1 atom stereocenters. The zero-order chi connectivity index (χ0) is 12.1. The summed E-state index contributed by atoms with van der Waals surface area (Å²) in [5, 5.41) is 14.5. The monoisotopic (exact) mass is 306 g/mol. The number of thiophene rings is 1. The summed E-state index contributed by atoms with van der Waals surface area (Å²) >= 11 is 5.11. The molecule has 0 spiro atoms. The van der Waals surface area contributed by atoms with Crippen LogP contribution in [0.2, 0.25) is 0 Å². The number of rotatable bonds is 4. The Kier molecular flexibility index (Phi) is 4.32. The Bertz CT molecular complexity index is 516. The highest BCUT2D eigenvalue weighted by molar-refractivity contribution is 9.10. The van der Waals surface area contributed by atoms with Gasteiger partial charge in [-0.3, -0.25) is 5.32 Å². The van der Waals surface area contributed by atoms with Crippen LogP contribution < -0.4 is 5.32 Å². The van der Waals surface area contributed by atoms with E-state index in [0.29, 0.717) is 0 Å². The second kappa shape index (κ2) is 5.97. The van der Waals surface area contributed by atoms with Crippen LogP contribution in [0.15, 0.2) is 46.3 Å². The molecule has 1 heterocycles. The van der Waals surface area contributed by atoms with Gasteiger partial charge < -0.3 is 0 Å². The molecule has 0 fully saturated rings. The first-order valence-corrected chi connectivity index (χ1v) is 6.87. The van der Waals surface area contributed by atoms with Gasteiger partial charge in [0.2, 0.25) is 0 Å². The quantitative estimate of drug-likeness (QED) is 0.931. The van der Waals surface area contributed by atoms with Gasteiger partial charge in [0.25, 0.3) is 0 Å². The smallest absolute Gasteiger partial charge is 0.121 e. The van der Waals surface area contributed by atoms with Crippen molar-refractivity contribution in [1.82, 2.24) is 5.32 Å². The van der Waals surface area contributed by atoms with E-state index in [4.69, 9.17) is 0 Å². The van der Waals surface area contributed by atoms with Crippen molar-refractivity contribution < 1.29 is 0 Å². The molecule has 1 aromatic heterocycles. The zero-order valence-corrected chi connectivity index (χ0v) is 11.5. The molecule has 17 heavy (non-hydrogen) atoms. The molecule has 0 aliphatic heterocycles. The normalized spacial score (nSPS) is 12.0. The summed E-state index contributed by atoms with van der Waals surface area (Å²) in [6.07, 6.45) is 0. The maximum atomic E-state index is 9.17. The summed E-state index contributed by atoms with van der Waals surface area (Å²) in [7, 11) is 0. The van der Waals surface area contributed by atoms with Crippen LogP contribution in [0.3, 0.4) is 0 Å². The van der Waals surface area contributed by atoms with E-state index in [2.05, 4.69) is 33.4 Å². The van der Waals surface area contributed by atoms with Crippen molar-refractivity contribution in [3.63, 3.8) is 0 Å². The van der Waals surface area contributed by atoms with Gasteiger partial charge in [0.05, 0.1) is 6.07 Å². The highest BCUT2D eigenvalue weighted by atomic mass is 79.9. The lowest BCUT2D eigenvalue weighted by Crippen LogP contribution is -2.18. The van der Waals surface area contributed by atoms with Crippen molar-refractivity contribution >= 4 is 27.3 Å². The van der Waals surface area contributed by atoms with Gasteiger partial charge in [-0.2, -0.15) is 5.26 Å². The van der Waals surface area contributed by atoms with Gasteiger partial charge in [0.15, 0.2) is 0 Å². The molecule has 0 bridgehead atoms. The highest BCUT2D eigenvalue weighted by Gasteiger charge is 2.09. The molecule has 2 rings (SSSR count). The second-order valence-corrected chi connectivity index (χ2v) is 5.53. The lowest BCUT2D eigenvalue weighted by molar-refractivity contribution is 0.636. The van der Waals surface area contributed by atoms with Crippen LogP contribution in [-0.4, -0.2) is 0 Å². The van der Waals surface area contributed by atoms with Crippen LogP contribution in [0.25, 0.3) is 0 Å². The molecule has 0 saturated heterocycles. The minimum Gasteiger partial charge on any atom is -0.293 e. The molecule has 0 saturated carbocycles. The number of nitriles is 1. The molecule has 2 nitrogen and oxygen atoms in total. The highest BCUT2D eigenvalue weighted by Crippen LogP contribution is 2.18. The lowest BCUT2D eigenvalue weighted by atomic mass is 10.1. The van der Waals surface area contributed by atoms with Crippen molar-refractivity contribution in [2.45, 2.75) is 12.6 Å². The molecule has 2 aromatic rings. The van der Waals surface area contributed by atoms with E-state index in [0.717, 1.165) is 16.6 Å². The Morgan fingerprint density at radius 2 is 2.24 bits per heavy atom. The third-order valence-electron chi connectivity index (χ3n) is 2.37. The van der Waals surface area contributed by atoms with E-state index in [1.165, 1.54) is 4.88 Å². The van der Waals surface area contributed by atoms with Gasteiger partial charge in [-0.15, -0.1) is 11.3 Å². The van der Waals surface area contributed by atoms with Gasteiger partial charge in [0.1, 0.15) is 6.04 Å². The molecule has 0 aliphatic carbocycles. The Morgan fingerprint density at radius 1 is 1.35 bits per heavy atom. The van der Waals surface area contributed by atoms with Crippen molar-refractivity contribution in [1.29, 1.82) is 5.26 Å². The maximum absolute atomic E-state index is 9.17. The van der Waals surface area contributed by atoms with Crippen molar-refractivity contribution in [2.75, 3.05) is 0 Å². The Hall–Kier alpha value is -1.15. The number of nitrogens with one attached hydrogen (secondary N) is 1. The summed E-state index contributed by atoms with van der Waals surface area (Å²) in [5.41, 5.74) is 0.985. The van der Waals surface area contributed by atoms with Crippen LogP contribution in [0.4, 0.5) is 0 Å². The fourth-order valence-electron chi connectivity index (χ4n) is 1.54. The Morgan fingerprint density at radius 3 is 2.88 bits per heavy atom. The van der Waals surface area contributed by atoms with Crippen LogP contribution in [0, 0.1) is 11.3 Å². The van der Waals surface area contributed by atoms with Crippen LogP contribution in [0.1, 0.15) is 16.5 Å². The van der Waals surface area contributed by atoms with Gasteiger partial charge in [0, 0.05) is 15.9 Å². The average molecular weight is 307 g/mol. The molecule has 0 radical (unpaired) electrons. The van der Waals surface area contributed by atoms with Gasteiger partial charge in [-0.05, 0) is 29.1 Å². The first kappa shape index (κ1) is 12.3. The largest absolute Gasteiger partial charge is 0.293 e. The number of hydrogen-bond donors (Lipinski definition) is 1. The predicted octanol–water partition coefficient (Wildman–Crippen LogP) is 3.87. The summed E-state index contributed by atoms with van der Waals surface area (Å²) in [4.78, 5) is 1.24. The van der Waals surface area contributed by atoms with Crippen molar-refractivity contribution in [2.24, 2.45) is 0 Å². The third kappa shape index (κ3) is 3.40. The Labute approximate surface area is 113 Å². The maximum Gasteiger partial charge on any atom is 0.121 e. The minimum absolute atomic E-state index is 0.269. The van der Waals surface area contributed by atoms with E-state index in [9.17, 15) is 5.26 Å².